The zero-order valence-corrected chi connectivity index (χ0v) is 11.5. The third-order valence-electron chi connectivity index (χ3n) is 3.00. The summed E-state index contributed by atoms with van der Waals surface area (Å²) >= 11 is 0. The van der Waals surface area contributed by atoms with Crippen LogP contribution in [0.2, 0.25) is 0 Å². The fraction of sp³-hybridized carbons (Fsp3) is 0.429. The van der Waals surface area contributed by atoms with Gasteiger partial charge < -0.3 is 14.8 Å². The Morgan fingerprint density at radius 3 is 3.10 bits per heavy atom. The van der Waals surface area contributed by atoms with E-state index in [2.05, 4.69) is 10.4 Å². The van der Waals surface area contributed by atoms with E-state index in [4.69, 9.17) is 4.42 Å². The lowest BCUT2D eigenvalue weighted by molar-refractivity contribution is 0.0912. The number of rotatable bonds is 7. The second-order valence-corrected chi connectivity index (χ2v) is 4.58. The van der Waals surface area contributed by atoms with Gasteiger partial charge in [-0.25, -0.2) is 0 Å². The molecule has 2 aromatic heterocycles. The number of furan rings is 1. The highest BCUT2D eigenvalue weighted by molar-refractivity contribution is 5.91. The van der Waals surface area contributed by atoms with Crippen LogP contribution < -0.4 is 5.32 Å². The predicted octanol–water partition coefficient (Wildman–Crippen LogP) is 1.42. The Hall–Kier alpha value is -2.08. The molecule has 0 radical (unpaired) electrons. The number of aliphatic hydroxyl groups excluding tert-OH is 1. The molecule has 0 aromatic carbocycles. The van der Waals surface area contributed by atoms with Gasteiger partial charge in [0.2, 0.25) is 0 Å². The van der Waals surface area contributed by atoms with Gasteiger partial charge in [-0.1, -0.05) is 6.92 Å². The molecule has 0 saturated carbocycles. The summed E-state index contributed by atoms with van der Waals surface area (Å²) in [5, 5.41) is 16.2. The first-order valence-electron chi connectivity index (χ1n) is 6.71. The average molecular weight is 277 g/mol. The Bertz CT molecular complexity index is 534. The molecule has 2 heterocycles. The van der Waals surface area contributed by atoms with Crippen LogP contribution in [0.4, 0.5) is 0 Å². The summed E-state index contributed by atoms with van der Waals surface area (Å²) in [6.07, 6.45) is 4.37. The van der Waals surface area contributed by atoms with Gasteiger partial charge in [-0.3, -0.25) is 9.48 Å². The van der Waals surface area contributed by atoms with Crippen molar-refractivity contribution >= 4 is 5.91 Å². The molecule has 0 spiro atoms. The summed E-state index contributed by atoms with van der Waals surface area (Å²) in [6, 6.07) is 5.23. The summed E-state index contributed by atoms with van der Waals surface area (Å²) in [5.41, 5.74) is 0. The summed E-state index contributed by atoms with van der Waals surface area (Å²) in [4.78, 5) is 11.8. The van der Waals surface area contributed by atoms with E-state index >= 15 is 0 Å². The van der Waals surface area contributed by atoms with Gasteiger partial charge in [0.05, 0.1) is 12.6 Å². The van der Waals surface area contributed by atoms with Gasteiger partial charge in [-0.05, 0) is 31.0 Å². The van der Waals surface area contributed by atoms with Gasteiger partial charge in [0.25, 0.3) is 5.91 Å². The van der Waals surface area contributed by atoms with Crippen LogP contribution >= 0.6 is 0 Å². The van der Waals surface area contributed by atoms with Crippen LogP contribution in [-0.4, -0.2) is 33.4 Å². The molecule has 1 unspecified atom stereocenters. The lowest BCUT2D eigenvalue weighted by Gasteiger charge is -2.07. The van der Waals surface area contributed by atoms with Crippen molar-refractivity contribution in [2.45, 2.75) is 32.4 Å². The number of aromatic nitrogens is 2. The van der Waals surface area contributed by atoms with Crippen LogP contribution in [0.1, 0.15) is 36.1 Å². The number of amides is 1. The first kappa shape index (κ1) is 14.3. The second kappa shape index (κ2) is 6.91. The van der Waals surface area contributed by atoms with Crippen molar-refractivity contribution in [1.82, 2.24) is 15.1 Å². The van der Waals surface area contributed by atoms with E-state index in [1.165, 1.54) is 0 Å². The first-order valence-corrected chi connectivity index (χ1v) is 6.71. The molecule has 0 saturated heterocycles. The maximum absolute atomic E-state index is 11.8. The third-order valence-corrected chi connectivity index (χ3v) is 3.00. The molecule has 2 rings (SSSR count). The zero-order valence-electron chi connectivity index (χ0n) is 11.5. The summed E-state index contributed by atoms with van der Waals surface area (Å²) in [7, 11) is 0. The molecule has 0 aliphatic rings. The average Bonchev–Trinajstić information content (AvgIpc) is 3.10. The van der Waals surface area contributed by atoms with Crippen molar-refractivity contribution in [3.63, 3.8) is 0 Å². The van der Waals surface area contributed by atoms with E-state index in [-0.39, 0.29) is 17.8 Å². The molecule has 20 heavy (non-hydrogen) atoms. The van der Waals surface area contributed by atoms with Crippen LogP contribution in [0.15, 0.2) is 35.0 Å². The Morgan fingerprint density at radius 2 is 2.40 bits per heavy atom. The predicted molar refractivity (Wildman–Crippen MR) is 73.3 cm³/mol. The van der Waals surface area contributed by atoms with Crippen LogP contribution in [-0.2, 0) is 6.54 Å². The number of nitrogens with one attached hydrogen (secondary N) is 1. The standard InChI is InChI=1S/C14H19N3O3/c1-2-11(18)6-8-15-14(19)13-5-4-12(20-13)10-17-9-3-7-16-17/h3-5,7,9,11,18H,2,6,8,10H2,1H3,(H,15,19). The minimum atomic E-state index is -0.373. The summed E-state index contributed by atoms with van der Waals surface area (Å²) in [5.74, 6) is 0.686. The van der Waals surface area contributed by atoms with Crippen molar-refractivity contribution in [3.8, 4) is 0 Å². The zero-order chi connectivity index (χ0) is 14.4. The molecule has 0 fully saturated rings. The molecule has 1 amide bonds. The summed E-state index contributed by atoms with van der Waals surface area (Å²) in [6.45, 7) is 2.83. The van der Waals surface area contributed by atoms with Gasteiger partial charge in [0.15, 0.2) is 5.76 Å². The van der Waals surface area contributed by atoms with Crippen LogP contribution in [0.3, 0.4) is 0 Å². The molecular formula is C14H19N3O3. The Labute approximate surface area is 117 Å². The smallest absolute Gasteiger partial charge is 0.286 e. The Balaban J connectivity index is 1.83. The monoisotopic (exact) mass is 277 g/mol. The number of aliphatic hydroxyl groups is 1. The quantitative estimate of drug-likeness (QED) is 0.802. The van der Waals surface area contributed by atoms with Crippen molar-refractivity contribution in [1.29, 1.82) is 0 Å². The molecule has 0 bridgehead atoms. The highest BCUT2D eigenvalue weighted by Crippen LogP contribution is 2.09. The van der Waals surface area contributed by atoms with E-state index in [1.807, 2.05) is 19.2 Å². The summed E-state index contributed by atoms with van der Waals surface area (Å²) < 4.78 is 7.19. The van der Waals surface area contributed by atoms with Crippen molar-refractivity contribution in [2.24, 2.45) is 0 Å². The molecule has 2 aromatic rings. The van der Waals surface area contributed by atoms with Crippen LogP contribution in [0.5, 0.6) is 0 Å². The minimum Gasteiger partial charge on any atom is -0.454 e. The highest BCUT2D eigenvalue weighted by atomic mass is 16.4. The maximum atomic E-state index is 11.8. The van der Waals surface area contributed by atoms with Crippen LogP contribution in [0, 0.1) is 0 Å². The topological polar surface area (TPSA) is 80.3 Å². The fourth-order valence-electron chi connectivity index (χ4n) is 1.78. The molecule has 1 atom stereocenters. The van der Waals surface area contributed by atoms with Gasteiger partial charge in [-0.15, -0.1) is 0 Å². The maximum Gasteiger partial charge on any atom is 0.286 e. The van der Waals surface area contributed by atoms with E-state index in [1.54, 1.807) is 23.0 Å². The molecule has 108 valence electrons. The van der Waals surface area contributed by atoms with Crippen LogP contribution in [0.25, 0.3) is 0 Å². The van der Waals surface area contributed by atoms with E-state index < -0.39 is 0 Å². The highest BCUT2D eigenvalue weighted by Gasteiger charge is 2.11. The Morgan fingerprint density at radius 1 is 1.55 bits per heavy atom. The minimum absolute atomic E-state index is 0.264. The number of carbonyl (C=O) groups excluding carboxylic acids is 1. The van der Waals surface area contributed by atoms with Crippen molar-refractivity contribution < 1.29 is 14.3 Å². The van der Waals surface area contributed by atoms with E-state index in [0.717, 1.165) is 0 Å². The molecule has 2 N–H and O–H groups in total. The van der Waals surface area contributed by atoms with Gasteiger partial charge in [0, 0.05) is 18.9 Å². The number of nitrogens with zero attached hydrogens (tertiary/aromatic N) is 2. The van der Waals surface area contributed by atoms with Crippen molar-refractivity contribution in [2.75, 3.05) is 6.54 Å². The SMILES string of the molecule is CCC(O)CCNC(=O)c1ccc(Cn2cccn2)o1. The van der Waals surface area contributed by atoms with E-state index in [9.17, 15) is 9.90 Å². The number of hydrogen-bond donors (Lipinski definition) is 2. The number of hydrogen-bond acceptors (Lipinski definition) is 4. The Kier molecular flexibility index (Phi) is 4.95. The molecular weight excluding hydrogens is 258 g/mol. The normalized spacial score (nSPS) is 12.3. The van der Waals surface area contributed by atoms with Crippen molar-refractivity contribution in [3.05, 3.63) is 42.1 Å². The largest absolute Gasteiger partial charge is 0.454 e. The van der Waals surface area contributed by atoms with Gasteiger partial charge in [-0.2, -0.15) is 5.10 Å². The van der Waals surface area contributed by atoms with Gasteiger partial charge >= 0.3 is 0 Å². The molecule has 0 aliphatic heterocycles. The molecule has 0 aliphatic carbocycles. The number of carbonyl (C=O) groups is 1. The fourth-order valence-corrected chi connectivity index (χ4v) is 1.78. The van der Waals surface area contributed by atoms with E-state index in [0.29, 0.717) is 31.7 Å². The second-order valence-electron chi connectivity index (χ2n) is 4.58. The molecule has 6 heteroatoms. The lowest BCUT2D eigenvalue weighted by atomic mass is 10.2. The van der Waals surface area contributed by atoms with Gasteiger partial charge in [0.1, 0.15) is 5.76 Å². The third kappa shape index (κ3) is 3.96. The molecule has 6 nitrogen and oxygen atoms in total. The lowest BCUT2D eigenvalue weighted by Crippen LogP contribution is -2.26. The first-order chi connectivity index (χ1) is 9.69.